The molecule has 4 heteroatoms. The molecule has 0 aromatic carbocycles. The van der Waals surface area contributed by atoms with Crippen molar-refractivity contribution in [2.75, 3.05) is 13.2 Å². The van der Waals surface area contributed by atoms with Gasteiger partial charge in [0.15, 0.2) is 0 Å². The van der Waals surface area contributed by atoms with E-state index in [-0.39, 0.29) is 12.6 Å². The number of carbonyl (C=O) groups excluding carboxylic acids is 1. The third-order valence-electron chi connectivity index (χ3n) is 4.11. The maximum atomic E-state index is 11.4. The number of aliphatic hydroxyl groups is 2. The zero-order valence-corrected chi connectivity index (χ0v) is 15.5. The van der Waals surface area contributed by atoms with Crippen LogP contribution in [0.25, 0.3) is 0 Å². The van der Waals surface area contributed by atoms with E-state index < -0.39 is 6.10 Å². The third kappa shape index (κ3) is 17.5. The summed E-state index contributed by atoms with van der Waals surface area (Å²) in [5.74, 6) is -0.188. The summed E-state index contributed by atoms with van der Waals surface area (Å²) < 4.78 is 5.00. The van der Waals surface area contributed by atoms with Crippen molar-refractivity contribution in [3.63, 3.8) is 0 Å². The normalized spacial score (nSPS) is 12.6. The highest BCUT2D eigenvalue weighted by molar-refractivity contribution is 5.69. The molecule has 1 unspecified atom stereocenters. The van der Waals surface area contributed by atoms with Crippen molar-refractivity contribution in [3.8, 4) is 0 Å². The first-order valence-electron chi connectivity index (χ1n) is 9.80. The Balaban J connectivity index is 3.22. The topological polar surface area (TPSA) is 66.8 Å². The average molecular weight is 343 g/mol. The number of hydrogen-bond acceptors (Lipinski definition) is 4. The molecule has 0 fully saturated rings. The summed E-state index contributed by atoms with van der Waals surface area (Å²) in [5.41, 5.74) is 0. The van der Waals surface area contributed by atoms with Gasteiger partial charge in [-0.3, -0.25) is 4.79 Å². The van der Waals surface area contributed by atoms with Gasteiger partial charge >= 0.3 is 5.97 Å². The van der Waals surface area contributed by atoms with Crippen LogP contribution in [0.1, 0.15) is 90.4 Å². The van der Waals surface area contributed by atoms with Gasteiger partial charge in [-0.25, -0.2) is 0 Å². The Morgan fingerprint density at radius 3 is 2.04 bits per heavy atom. The Hall–Kier alpha value is -0.870. The summed E-state index contributed by atoms with van der Waals surface area (Å²) in [7, 11) is 0. The van der Waals surface area contributed by atoms with Crippen LogP contribution in [0.3, 0.4) is 0 Å². The van der Waals surface area contributed by atoms with Gasteiger partial charge in [0.2, 0.25) is 0 Å². The van der Waals surface area contributed by atoms with Crippen LogP contribution in [0.5, 0.6) is 0 Å². The second-order valence-corrected chi connectivity index (χ2v) is 6.45. The lowest BCUT2D eigenvalue weighted by molar-refractivity contribution is -0.146. The molecule has 0 radical (unpaired) electrons. The molecule has 4 nitrogen and oxygen atoms in total. The molecule has 0 heterocycles. The van der Waals surface area contributed by atoms with Crippen molar-refractivity contribution >= 4 is 5.97 Å². The molecular formula is C20H38O4. The Bertz CT molecular complexity index is 302. The molecule has 0 amide bonds. The van der Waals surface area contributed by atoms with Crippen LogP contribution in [0, 0.1) is 0 Å². The number of allylic oxidation sites excluding steroid dienone is 2. The fourth-order valence-corrected chi connectivity index (χ4v) is 2.40. The lowest BCUT2D eigenvalue weighted by atomic mass is 10.1. The van der Waals surface area contributed by atoms with Gasteiger partial charge in [-0.2, -0.15) is 0 Å². The van der Waals surface area contributed by atoms with E-state index in [1.165, 1.54) is 32.1 Å². The van der Waals surface area contributed by atoms with Crippen LogP contribution in [0.15, 0.2) is 12.2 Å². The number of aliphatic hydroxyl groups excluding tert-OH is 2. The second-order valence-electron chi connectivity index (χ2n) is 6.45. The van der Waals surface area contributed by atoms with Gasteiger partial charge in [0, 0.05) is 13.0 Å². The molecule has 0 saturated heterocycles. The first-order chi connectivity index (χ1) is 11.7. The minimum atomic E-state index is -0.524. The summed E-state index contributed by atoms with van der Waals surface area (Å²) in [5, 5.41) is 18.0. The summed E-state index contributed by atoms with van der Waals surface area (Å²) in [6.45, 7) is 2.31. The molecule has 0 aromatic rings. The minimum Gasteiger partial charge on any atom is -0.463 e. The fraction of sp³-hybridized carbons (Fsp3) is 0.850. The maximum Gasteiger partial charge on any atom is 0.305 e. The number of ether oxygens (including phenoxy) is 1. The number of unbranched alkanes of at least 4 members (excludes halogenated alkanes) is 9. The lowest BCUT2D eigenvalue weighted by Crippen LogP contribution is -2.17. The molecule has 0 aliphatic heterocycles. The van der Waals surface area contributed by atoms with Crippen LogP contribution in [-0.2, 0) is 9.53 Å². The van der Waals surface area contributed by atoms with E-state index in [0.717, 1.165) is 38.5 Å². The monoisotopic (exact) mass is 342 g/mol. The van der Waals surface area contributed by atoms with Crippen LogP contribution in [0.4, 0.5) is 0 Å². The highest BCUT2D eigenvalue weighted by Gasteiger charge is 2.06. The number of esters is 1. The van der Waals surface area contributed by atoms with E-state index >= 15 is 0 Å². The van der Waals surface area contributed by atoms with Crippen LogP contribution >= 0.6 is 0 Å². The van der Waals surface area contributed by atoms with Crippen molar-refractivity contribution < 1.29 is 19.7 Å². The van der Waals surface area contributed by atoms with E-state index in [2.05, 4.69) is 12.2 Å². The first kappa shape index (κ1) is 23.1. The molecule has 0 aliphatic rings. The number of hydrogen-bond donors (Lipinski definition) is 2. The van der Waals surface area contributed by atoms with Gasteiger partial charge in [-0.15, -0.1) is 0 Å². The standard InChI is InChI=1S/C20H38O4/c1-2-19(22)18-24-20(23)16-14-12-10-8-6-4-3-5-7-9-11-13-15-17-21/h5,7,19,21-22H,2-4,6,8-18H2,1H3/b7-5-. The van der Waals surface area contributed by atoms with Crippen molar-refractivity contribution in [3.05, 3.63) is 12.2 Å². The van der Waals surface area contributed by atoms with Gasteiger partial charge in [0.1, 0.15) is 6.61 Å². The van der Waals surface area contributed by atoms with Crippen molar-refractivity contribution in [2.24, 2.45) is 0 Å². The predicted molar refractivity (Wildman–Crippen MR) is 98.9 cm³/mol. The van der Waals surface area contributed by atoms with E-state index in [4.69, 9.17) is 9.84 Å². The van der Waals surface area contributed by atoms with E-state index in [1.807, 2.05) is 6.92 Å². The lowest BCUT2D eigenvalue weighted by Gasteiger charge is -2.08. The number of rotatable bonds is 17. The highest BCUT2D eigenvalue weighted by atomic mass is 16.5. The summed E-state index contributed by atoms with van der Waals surface area (Å²) in [4.78, 5) is 11.4. The zero-order chi connectivity index (χ0) is 17.9. The second kappa shape index (κ2) is 18.5. The van der Waals surface area contributed by atoms with Crippen LogP contribution in [0.2, 0.25) is 0 Å². The van der Waals surface area contributed by atoms with Gasteiger partial charge in [0.25, 0.3) is 0 Å². The Kier molecular flexibility index (Phi) is 17.8. The average Bonchev–Trinajstić information content (AvgIpc) is 2.59. The first-order valence-corrected chi connectivity index (χ1v) is 9.80. The molecule has 0 rings (SSSR count). The highest BCUT2D eigenvalue weighted by Crippen LogP contribution is 2.10. The fourth-order valence-electron chi connectivity index (χ4n) is 2.40. The molecule has 0 bridgehead atoms. The van der Waals surface area contributed by atoms with E-state index in [9.17, 15) is 9.90 Å². The van der Waals surface area contributed by atoms with E-state index in [1.54, 1.807) is 0 Å². The molecule has 1 atom stereocenters. The predicted octanol–water partition coefficient (Wildman–Crippen LogP) is 4.53. The molecule has 142 valence electrons. The van der Waals surface area contributed by atoms with Gasteiger partial charge in [-0.05, 0) is 44.9 Å². The number of carbonyl (C=O) groups is 1. The van der Waals surface area contributed by atoms with Crippen molar-refractivity contribution in [1.82, 2.24) is 0 Å². The molecule has 2 N–H and O–H groups in total. The van der Waals surface area contributed by atoms with Gasteiger partial charge in [-0.1, -0.05) is 51.2 Å². The largest absolute Gasteiger partial charge is 0.463 e. The maximum absolute atomic E-state index is 11.4. The Labute approximate surface area is 148 Å². The zero-order valence-electron chi connectivity index (χ0n) is 15.5. The molecule has 0 spiro atoms. The molecule has 0 aromatic heterocycles. The third-order valence-corrected chi connectivity index (χ3v) is 4.11. The molecule has 0 saturated carbocycles. The van der Waals surface area contributed by atoms with Crippen molar-refractivity contribution in [2.45, 2.75) is 96.5 Å². The smallest absolute Gasteiger partial charge is 0.305 e. The summed E-state index contributed by atoms with van der Waals surface area (Å²) >= 11 is 0. The van der Waals surface area contributed by atoms with Crippen LogP contribution in [-0.4, -0.2) is 35.5 Å². The Morgan fingerprint density at radius 2 is 1.46 bits per heavy atom. The quantitative estimate of drug-likeness (QED) is 0.231. The summed E-state index contributed by atoms with van der Waals surface area (Å²) in [6, 6.07) is 0. The molecule has 24 heavy (non-hydrogen) atoms. The van der Waals surface area contributed by atoms with Crippen LogP contribution < -0.4 is 0 Å². The minimum absolute atomic E-state index is 0.129. The molecular weight excluding hydrogens is 304 g/mol. The SMILES string of the molecule is CCC(O)COC(=O)CCCCCCCC/C=C\CCCCCO. The van der Waals surface area contributed by atoms with Crippen molar-refractivity contribution in [1.29, 1.82) is 0 Å². The molecule has 0 aliphatic carbocycles. The Morgan fingerprint density at radius 1 is 0.917 bits per heavy atom. The van der Waals surface area contributed by atoms with Gasteiger partial charge in [0.05, 0.1) is 6.10 Å². The van der Waals surface area contributed by atoms with E-state index in [0.29, 0.717) is 19.4 Å². The van der Waals surface area contributed by atoms with Gasteiger partial charge < -0.3 is 14.9 Å². The summed E-state index contributed by atoms with van der Waals surface area (Å²) in [6.07, 6.45) is 17.5.